The van der Waals surface area contributed by atoms with Crippen LogP contribution in [0.2, 0.25) is 0 Å². The summed E-state index contributed by atoms with van der Waals surface area (Å²) in [4.78, 5) is 9.47. The van der Waals surface area contributed by atoms with E-state index in [0.29, 0.717) is 0 Å². The fourth-order valence-corrected chi connectivity index (χ4v) is 0.628. The summed E-state index contributed by atoms with van der Waals surface area (Å²) in [5.74, 6) is 0.442. The van der Waals surface area contributed by atoms with Crippen molar-refractivity contribution in [3.63, 3.8) is 0 Å². The van der Waals surface area contributed by atoms with Crippen molar-refractivity contribution in [2.24, 2.45) is 0 Å². The van der Waals surface area contributed by atoms with Gasteiger partial charge in [-0.2, -0.15) is 0 Å². The third-order valence-corrected chi connectivity index (χ3v) is 1.25. The van der Waals surface area contributed by atoms with Gasteiger partial charge in [-0.15, -0.1) is 23.2 Å². The molecule has 0 rings (SSSR count). The third-order valence-electron chi connectivity index (χ3n) is 0.559. The zero-order chi connectivity index (χ0) is 6.41. The van der Waals surface area contributed by atoms with Crippen LogP contribution in [0, 0.1) is 0 Å². The molecule has 0 amide bonds. The molecule has 0 saturated heterocycles. The molecule has 4 heteroatoms. The highest BCUT2D eigenvalue weighted by molar-refractivity contribution is 6.21. The van der Waals surface area contributed by atoms with E-state index in [2.05, 4.69) is 4.74 Å². The standard InChI is InChI=1S/C4H5Cl2O2/c5-1-4(2-6)8-3-7/h4H,1-2H2. The van der Waals surface area contributed by atoms with E-state index in [1.165, 1.54) is 6.47 Å². The second-order valence-electron chi connectivity index (χ2n) is 1.13. The minimum atomic E-state index is -0.393. The molecule has 0 aromatic rings. The predicted octanol–water partition coefficient (Wildman–Crippen LogP) is 0.916. The van der Waals surface area contributed by atoms with Crippen LogP contribution in [-0.2, 0) is 9.53 Å². The number of halogens is 2. The molecule has 0 heterocycles. The third kappa shape index (κ3) is 3.10. The molecule has 0 aliphatic carbocycles. The van der Waals surface area contributed by atoms with E-state index in [4.69, 9.17) is 23.2 Å². The first-order valence-corrected chi connectivity index (χ1v) is 3.06. The molecule has 2 nitrogen and oxygen atoms in total. The summed E-state index contributed by atoms with van der Waals surface area (Å²) >= 11 is 10.5. The normalized spacial score (nSPS) is 9.38. The lowest BCUT2D eigenvalue weighted by Gasteiger charge is -2.03. The van der Waals surface area contributed by atoms with Crippen LogP contribution in [0.25, 0.3) is 0 Å². The maximum absolute atomic E-state index is 9.47. The van der Waals surface area contributed by atoms with Gasteiger partial charge < -0.3 is 4.74 Å². The van der Waals surface area contributed by atoms with Gasteiger partial charge in [0, 0.05) is 0 Å². The number of hydrogen-bond donors (Lipinski definition) is 0. The van der Waals surface area contributed by atoms with Crippen LogP contribution in [0.4, 0.5) is 0 Å². The highest BCUT2D eigenvalue weighted by Gasteiger charge is 2.03. The smallest absolute Gasteiger partial charge is 0.417 e. The average Bonchev–Trinajstić information content (AvgIpc) is 1.83. The Morgan fingerprint density at radius 2 is 2.00 bits per heavy atom. The van der Waals surface area contributed by atoms with Gasteiger partial charge in [-0.1, -0.05) is 0 Å². The first kappa shape index (κ1) is 8.05. The first-order chi connectivity index (χ1) is 3.85. The number of hydrogen-bond acceptors (Lipinski definition) is 2. The van der Waals surface area contributed by atoms with Gasteiger partial charge in [-0.25, -0.2) is 4.79 Å². The lowest BCUT2D eigenvalue weighted by atomic mass is 10.5. The molecule has 0 N–H and O–H groups in total. The van der Waals surface area contributed by atoms with E-state index in [-0.39, 0.29) is 11.8 Å². The molecular weight excluding hydrogens is 151 g/mol. The quantitative estimate of drug-likeness (QED) is 0.565. The zero-order valence-corrected chi connectivity index (χ0v) is 5.58. The van der Waals surface area contributed by atoms with Crippen LogP contribution >= 0.6 is 23.2 Å². The van der Waals surface area contributed by atoms with Crippen molar-refractivity contribution in [2.75, 3.05) is 11.8 Å². The Bertz CT molecular complexity index is 63.1. The molecule has 0 saturated carbocycles. The van der Waals surface area contributed by atoms with Gasteiger partial charge in [-0.05, 0) is 0 Å². The Morgan fingerprint density at radius 3 is 2.12 bits per heavy atom. The van der Waals surface area contributed by atoms with Gasteiger partial charge in [-0.3, -0.25) is 0 Å². The molecule has 0 atom stereocenters. The summed E-state index contributed by atoms with van der Waals surface area (Å²) in [6, 6.07) is 0. The lowest BCUT2D eigenvalue weighted by molar-refractivity contribution is 0.218. The monoisotopic (exact) mass is 155 g/mol. The second-order valence-corrected chi connectivity index (χ2v) is 1.75. The van der Waals surface area contributed by atoms with E-state index in [0.717, 1.165) is 0 Å². The fraction of sp³-hybridized carbons (Fsp3) is 0.750. The highest BCUT2D eigenvalue weighted by atomic mass is 35.5. The average molecular weight is 156 g/mol. The molecule has 47 valence electrons. The molecule has 0 bridgehead atoms. The van der Waals surface area contributed by atoms with Gasteiger partial charge in [0.2, 0.25) is 0 Å². The van der Waals surface area contributed by atoms with Crippen LogP contribution in [0.15, 0.2) is 0 Å². The van der Waals surface area contributed by atoms with Crippen molar-refractivity contribution in [3.8, 4) is 0 Å². The summed E-state index contributed by atoms with van der Waals surface area (Å²) in [6.07, 6.45) is -0.393. The fourth-order valence-electron chi connectivity index (χ4n) is 0.172. The summed E-state index contributed by atoms with van der Waals surface area (Å²) < 4.78 is 4.27. The summed E-state index contributed by atoms with van der Waals surface area (Å²) in [6.45, 7) is 1.25. The Hall–Kier alpha value is 0.0500. The number of alkyl halides is 2. The molecule has 0 unspecified atom stereocenters. The molecule has 0 spiro atoms. The maximum atomic E-state index is 9.47. The first-order valence-electron chi connectivity index (χ1n) is 1.99. The molecule has 1 radical (unpaired) electrons. The van der Waals surface area contributed by atoms with Crippen molar-refractivity contribution in [1.82, 2.24) is 0 Å². The predicted molar refractivity (Wildman–Crippen MR) is 32.0 cm³/mol. The van der Waals surface area contributed by atoms with Crippen LogP contribution in [0.1, 0.15) is 0 Å². The Kier molecular flexibility index (Phi) is 5.22. The van der Waals surface area contributed by atoms with Crippen molar-refractivity contribution < 1.29 is 9.53 Å². The van der Waals surface area contributed by atoms with Gasteiger partial charge in [0.15, 0.2) is 0 Å². The van der Waals surface area contributed by atoms with Crippen molar-refractivity contribution >= 4 is 29.7 Å². The topological polar surface area (TPSA) is 26.3 Å². The van der Waals surface area contributed by atoms with Crippen LogP contribution in [-0.4, -0.2) is 24.3 Å². The minimum Gasteiger partial charge on any atom is -0.451 e. The summed E-state index contributed by atoms with van der Waals surface area (Å²) in [5, 5.41) is 0. The van der Waals surface area contributed by atoms with Crippen molar-refractivity contribution in [3.05, 3.63) is 0 Å². The largest absolute Gasteiger partial charge is 0.451 e. The van der Waals surface area contributed by atoms with Crippen LogP contribution < -0.4 is 0 Å². The van der Waals surface area contributed by atoms with Crippen LogP contribution in [0.5, 0.6) is 0 Å². The van der Waals surface area contributed by atoms with E-state index in [9.17, 15) is 4.79 Å². The molecular formula is C4H5Cl2O2. The van der Waals surface area contributed by atoms with Gasteiger partial charge in [0.1, 0.15) is 6.10 Å². The van der Waals surface area contributed by atoms with Crippen molar-refractivity contribution in [1.29, 1.82) is 0 Å². The van der Waals surface area contributed by atoms with Gasteiger partial charge in [0.05, 0.1) is 11.8 Å². The van der Waals surface area contributed by atoms with Crippen molar-refractivity contribution in [2.45, 2.75) is 6.10 Å². The lowest BCUT2D eigenvalue weighted by Crippen LogP contribution is -2.15. The Labute approximate surface area is 57.7 Å². The molecule has 0 aliphatic heterocycles. The van der Waals surface area contributed by atoms with Gasteiger partial charge >= 0.3 is 6.47 Å². The maximum Gasteiger partial charge on any atom is 0.417 e. The Balaban J connectivity index is 3.20. The Morgan fingerprint density at radius 1 is 1.50 bits per heavy atom. The number of ether oxygens (including phenoxy) is 1. The summed E-state index contributed by atoms with van der Waals surface area (Å²) in [5.41, 5.74) is 0. The van der Waals surface area contributed by atoms with E-state index in [1.54, 1.807) is 0 Å². The SMILES string of the molecule is O=[C]OC(CCl)CCl. The molecule has 0 fully saturated rings. The minimum absolute atomic E-state index is 0.221. The molecule has 0 aromatic carbocycles. The van der Waals surface area contributed by atoms with Crippen LogP contribution in [0.3, 0.4) is 0 Å². The van der Waals surface area contributed by atoms with E-state index >= 15 is 0 Å². The molecule has 0 aromatic heterocycles. The zero-order valence-electron chi connectivity index (χ0n) is 4.06. The molecule has 8 heavy (non-hydrogen) atoms. The van der Waals surface area contributed by atoms with E-state index in [1.807, 2.05) is 0 Å². The van der Waals surface area contributed by atoms with E-state index < -0.39 is 6.10 Å². The number of rotatable bonds is 4. The number of carbonyl (C=O) groups excluding carboxylic acids is 1. The summed E-state index contributed by atoms with van der Waals surface area (Å²) in [7, 11) is 0. The van der Waals surface area contributed by atoms with Gasteiger partial charge in [0.25, 0.3) is 0 Å². The highest BCUT2D eigenvalue weighted by Crippen LogP contribution is 1.95. The molecule has 0 aliphatic rings. The second kappa shape index (κ2) is 5.19.